The zero-order chi connectivity index (χ0) is 18.7. The van der Waals surface area contributed by atoms with Gasteiger partial charge in [-0.1, -0.05) is 18.2 Å². The van der Waals surface area contributed by atoms with Crippen molar-refractivity contribution in [3.05, 3.63) is 35.9 Å². The van der Waals surface area contributed by atoms with Gasteiger partial charge in [0.2, 0.25) is 12.3 Å². The number of nitrogens with one attached hydrogen (secondary N) is 1. The van der Waals surface area contributed by atoms with Crippen LogP contribution in [0.25, 0.3) is 5.57 Å². The average molecular weight is 359 g/mol. The van der Waals surface area contributed by atoms with Crippen LogP contribution in [0.3, 0.4) is 0 Å². The second-order valence-corrected chi connectivity index (χ2v) is 6.32. The molecule has 1 aromatic rings. The first-order chi connectivity index (χ1) is 12.5. The maximum atomic E-state index is 12.0. The zero-order valence-corrected chi connectivity index (χ0v) is 14.4. The normalized spacial score (nSPS) is 22.2. The molecule has 1 aromatic carbocycles. The van der Waals surface area contributed by atoms with E-state index in [1.54, 1.807) is 0 Å². The SMILES string of the molecule is CC(=O)NC[C@H]1CN(c2ccc(C3=C[C@@H](CO)N(C=O)C3)cc2)C(=O)O1. The Hall–Kier alpha value is -2.87. The molecule has 2 aliphatic heterocycles. The van der Waals surface area contributed by atoms with Gasteiger partial charge >= 0.3 is 6.09 Å². The van der Waals surface area contributed by atoms with E-state index in [-0.39, 0.29) is 31.2 Å². The number of anilines is 1. The van der Waals surface area contributed by atoms with Crippen molar-refractivity contribution >= 4 is 29.7 Å². The molecule has 2 heterocycles. The molecule has 3 rings (SSSR count). The first-order valence-electron chi connectivity index (χ1n) is 8.37. The van der Waals surface area contributed by atoms with Crippen molar-refractivity contribution in [2.45, 2.75) is 19.1 Å². The summed E-state index contributed by atoms with van der Waals surface area (Å²) >= 11 is 0. The van der Waals surface area contributed by atoms with Crippen LogP contribution in [0.5, 0.6) is 0 Å². The number of amides is 3. The van der Waals surface area contributed by atoms with Gasteiger partial charge in [0.25, 0.3) is 0 Å². The molecule has 0 saturated carbocycles. The maximum Gasteiger partial charge on any atom is 0.414 e. The van der Waals surface area contributed by atoms with E-state index >= 15 is 0 Å². The fraction of sp³-hybridized carbons (Fsp3) is 0.389. The Bertz CT molecular complexity index is 731. The zero-order valence-electron chi connectivity index (χ0n) is 14.4. The topological polar surface area (TPSA) is 99.2 Å². The predicted octanol–water partition coefficient (Wildman–Crippen LogP) is 0.364. The van der Waals surface area contributed by atoms with E-state index in [1.165, 1.54) is 16.7 Å². The van der Waals surface area contributed by atoms with Crippen molar-refractivity contribution in [2.75, 3.05) is 31.1 Å². The van der Waals surface area contributed by atoms with Crippen molar-refractivity contribution in [2.24, 2.45) is 0 Å². The average Bonchev–Trinajstić information content (AvgIpc) is 3.23. The standard InChI is InChI=1S/C18H21N3O5/c1-12(24)19-7-17-9-21(18(25)26-17)15-4-2-13(3-5-15)14-6-16(10-22)20(8-14)11-23/h2-6,11,16-17,22H,7-10H2,1H3,(H,19,24)/t16-,17-/m0/s1. The lowest BCUT2D eigenvalue weighted by Gasteiger charge is -2.17. The van der Waals surface area contributed by atoms with Gasteiger partial charge in [0.05, 0.1) is 25.7 Å². The van der Waals surface area contributed by atoms with E-state index in [4.69, 9.17) is 4.74 Å². The van der Waals surface area contributed by atoms with Crippen LogP contribution in [-0.2, 0) is 14.3 Å². The van der Waals surface area contributed by atoms with Gasteiger partial charge in [-0.15, -0.1) is 0 Å². The van der Waals surface area contributed by atoms with Crippen molar-refractivity contribution in [1.29, 1.82) is 0 Å². The number of hydrogen-bond donors (Lipinski definition) is 2. The highest BCUT2D eigenvalue weighted by Crippen LogP contribution is 2.27. The molecule has 0 radical (unpaired) electrons. The molecule has 0 spiro atoms. The molecule has 0 aromatic heterocycles. The number of rotatable bonds is 6. The highest BCUT2D eigenvalue weighted by Gasteiger charge is 2.32. The highest BCUT2D eigenvalue weighted by molar-refractivity contribution is 5.90. The molecule has 2 N–H and O–H groups in total. The molecule has 0 bridgehead atoms. The molecule has 1 fully saturated rings. The molecule has 2 atom stereocenters. The fourth-order valence-electron chi connectivity index (χ4n) is 3.11. The van der Waals surface area contributed by atoms with E-state index < -0.39 is 6.09 Å². The Morgan fingerprint density at radius 2 is 2.12 bits per heavy atom. The van der Waals surface area contributed by atoms with Gasteiger partial charge in [-0.05, 0) is 23.3 Å². The molecule has 138 valence electrons. The largest absolute Gasteiger partial charge is 0.442 e. The van der Waals surface area contributed by atoms with Gasteiger partial charge < -0.3 is 20.1 Å². The number of ether oxygens (including phenoxy) is 1. The lowest BCUT2D eigenvalue weighted by Crippen LogP contribution is -2.33. The summed E-state index contributed by atoms with van der Waals surface area (Å²) in [4.78, 5) is 37.1. The summed E-state index contributed by atoms with van der Waals surface area (Å²) in [6.07, 6.45) is 1.78. The Balaban J connectivity index is 1.67. The van der Waals surface area contributed by atoms with Crippen LogP contribution in [0.2, 0.25) is 0 Å². The summed E-state index contributed by atoms with van der Waals surface area (Å²) in [5.41, 5.74) is 2.59. The minimum Gasteiger partial charge on any atom is -0.442 e. The number of benzene rings is 1. The number of nitrogens with zero attached hydrogens (tertiary/aromatic N) is 2. The van der Waals surface area contributed by atoms with Crippen molar-refractivity contribution in [3.8, 4) is 0 Å². The number of aliphatic hydroxyl groups is 1. The van der Waals surface area contributed by atoms with Crippen LogP contribution in [0, 0.1) is 0 Å². The summed E-state index contributed by atoms with van der Waals surface area (Å²) in [6, 6.07) is 7.08. The monoisotopic (exact) mass is 359 g/mol. The van der Waals surface area contributed by atoms with Crippen LogP contribution in [0.4, 0.5) is 10.5 Å². The number of carbonyl (C=O) groups excluding carboxylic acids is 3. The fourth-order valence-corrected chi connectivity index (χ4v) is 3.11. The highest BCUT2D eigenvalue weighted by atomic mass is 16.6. The molecule has 1 saturated heterocycles. The third-order valence-corrected chi connectivity index (χ3v) is 4.50. The molecule has 2 aliphatic rings. The van der Waals surface area contributed by atoms with E-state index in [2.05, 4.69) is 5.32 Å². The van der Waals surface area contributed by atoms with Gasteiger partial charge in [-0.2, -0.15) is 0 Å². The number of aliphatic hydroxyl groups excluding tert-OH is 1. The van der Waals surface area contributed by atoms with E-state index in [0.29, 0.717) is 18.8 Å². The van der Waals surface area contributed by atoms with Gasteiger partial charge in [-0.3, -0.25) is 14.5 Å². The first-order valence-corrected chi connectivity index (χ1v) is 8.37. The summed E-state index contributed by atoms with van der Waals surface area (Å²) in [6.45, 7) is 2.39. The van der Waals surface area contributed by atoms with Gasteiger partial charge in [-0.25, -0.2) is 4.79 Å². The number of carbonyl (C=O) groups is 3. The summed E-state index contributed by atoms with van der Waals surface area (Å²) in [5.74, 6) is -0.167. The first kappa shape index (κ1) is 17.9. The Morgan fingerprint density at radius 1 is 1.38 bits per heavy atom. The van der Waals surface area contributed by atoms with Crippen LogP contribution < -0.4 is 10.2 Å². The van der Waals surface area contributed by atoms with Gasteiger partial charge in [0, 0.05) is 19.2 Å². The Kier molecular flexibility index (Phi) is 5.22. The van der Waals surface area contributed by atoms with Gasteiger partial charge in [0.1, 0.15) is 6.10 Å². The molecule has 26 heavy (non-hydrogen) atoms. The molecular formula is C18H21N3O5. The summed E-state index contributed by atoms with van der Waals surface area (Å²) in [5, 5.41) is 12.0. The lowest BCUT2D eigenvalue weighted by molar-refractivity contribution is -0.119. The second-order valence-electron chi connectivity index (χ2n) is 6.32. The molecule has 0 aliphatic carbocycles. The third kappa shape index (κ3) is 3.70. The van der Waals surface area contributed by atoms with Crippen LogP contribution >= 0.6 is 0 Å². The van der Waals surface area contributed by atoms with Crippen molar-refractivity contribution in [3.63, 3.8) is 0 Å². The van der Waals surface area contributed by atoms with E-state index in [0.717, 1.165) is 17.5 Å². The molecular weight excluding hydrogens is 338 g/mol. The second kappa shape index (κ2) is 7.57. The molecule has 3 amide bonds. The van der Waals surface area contributed by atoms with Crippen LogP contribution in [0.15, 0.2) is 30.3 Å². The van der Waals surface area contributed by atoms with Crippen LogP contribution in [-0.4, -0.2) is 66.8 Å². The quantitative estimate of drug-likeness (QED) is 0.715. The van der Waals surface area contributed by atoms with Gasteiger partial charge in [0.15, 0.2) is 0 Å². The summed E-state index contributed by atoms with van der Waals surface area (Å²) in [7, 11) is 0. The Labute approximate surface area is 151 Å². The predicted molar refractivity (Wildman–Crippen MR) is 94.4 cm³/mol. The van der Waals surface area contributed by atoms with Crippen molar-refractivity contribution in [1.82, 2.24) is 10.2 Å². The third-order valence-electron chi connectivity index (χ3n) is 4.50. The van der Waals surface area contributed by atoms with E-state index in [1.807, 2.05) is 30.3 Å². The molecule has 8 heteroatoms. The Morgan fingerprint density at radius 3 is 2.69 bits per heavy atom. The minimum atomic E-state index is -0.444. The van der Waals surface area contributed by atoms with Crippen LogP contribution in [0.1, 0.15) is 12.5 Å². The minimum absolute atomic E-state index is 0.115. The molecule has 0 unspecified atom stereocenters. The number of cyclic esters (lactones) is 1. The van der Waals surface area contributed by atoms with E-state index in [9.17, 15) is 19.5 Å². The number of hydrogen-bond acceptors (Lipinski definition) is 5. The summed E-state index contributed by atoms with van der Waals surface area (Å²) < 4.78 is 5.25. The molecule has 8 nitrogen and oxygen atoms in total. The smallest absolute Gasteiger partial charge is 0.414 e. The van der Waals surface area contributed by atoms with Crippen molar-refractivity contribution < 1.29 is 24.2 Å². The maximum absolute atomic E-state index is 12.0. The lowest BCUT2D eigenvalue weighted by atomic mass is 10.1.